The molecular formula is C4H6Zn. The molecule has 0 atom stereocenters. The monoisotopic (exact) mass is 118 g/mol. The molecule has 0 bridgehead atoms. The maximum Gasteiger partial charge on any atom is 0 e. The van der Waals surface area contributed by atoms with Crippen molar-refractivity contribution in [3.8, 4) is 0 Å². The summed E-state index contributed by atoms with van der Waals surface area (Å²) in [5.74, 6) is 0. The van der Waals surface area contributed by atoms with E-state index < -0.39 is 0 Å². The van der Waals surface area contributed by atoms with E-state index in [1.54, 1.807) is 12.2 Å². The zero-order valence-electron chi connectivity index (χ0n) is 3.28. The average Bonchev–Trinajstić information content (AvgIpc) is 1.37. The molecular weight excluding hydrogens is 113 g/mol. The molecule has 0 aliphatic carbocycles. The van der Waals surface area contributed by atoms with Crippen LogP contribution in [-0.2, 0) is 19.5 Å². The molecule has 5 heavy (non-hydrogen) atoms. The van der Waals surface area contributed by atoms with Gasteiger partial charge in [0.05, 0.1) is 0 Å². The van der Waals surface area contributed by atoms with E-state index in [1.807, 2.05) is 0 Å². The fourth-order valence-electron chi connectivity index (χ4n) is 0. The van der Waals surface area contributed by atoms with Crippen molar-refractivity contribution in [3.05, 3.63) is 25.3 Å². The van der Waals surface area contributed by atoms with Crippen LogP contribution in [0.4, 0.5) is 0 Å². The zero-order chi connectivity index (χ0) is 3.41. The summed E-state index contributed by atoms with van der Waals surface area (Å²) in [6.45, 7) is 6.72. The van der Waals surface area contributed by atoms with E-state index in [4.69, 9.17) is 0 Å². The SMILES string of the molecule is C=CC=C.[Zn]. The van der Waals surface area contributed by atoms with E-state index in [9.17, 15) is 0 Å². The number of hydrogen-bond acceptors (Lipinski definition) is 0. The third kappa shape index (κ3) is 14.9. The summed E-state index contributed by atoms with van der Waals surface area (Å²) < 4.78 is 0. The van der Waals surface area contributed by atoms with Gasteiger partial charge < -0.3 is 0 Å². The first kappa shape index (κ1) is 8.92. The Kier molecular flexibility index (Phi) is 15.9. The molecule has 0 aromatic carbocycles. The number of rotatable bonds is 1. The smallest absolute Gasteiger partial charge is 0 e. The van der Waals surface area contributed by atoms with E-state index in [1.165, 1.54) is 0 Å². The van der Waals surface area contributed by atoms with Crippen LogP contribution in [0.15, 0.2) is 25.3 Å². The summed E-state index contributed by atoms with van der Waals surface area (Å²) in [4.78, 5) is 0. The zero-order valence-corrected chi connectivity index (χ0v) is 6.24. The van der Waals surface area contributed by atoms with Crippen LogP contribution in [0.5, 0.6) is 0 Å². The van der Waals surface area contributed by atoms with E-state index in [-0.39, 0.29) is 19.5 Å². The predicted molar refractivity (Wildman–Crippen MR) is 20.4 cm³/mol. The molecule has 0 saturated carbocycles. The summed E-state index contributed by atoms with van der Waals surface area (Å²) in [7, 11) is 0. The summed E-state index contributed by atoms with van der Waals surface area (Å²) in [5, 5.41) is 0. The van der Waals surface area contributed by atoms with Crippen molar-refractivity contribution in [2.24, 2.45) is 0 Å². The molecule has 0 N–H and O–H groups in total. The summed E-state index contributed by atoms with van der Waals surface area (Å²) in [6, 6.07) is 0. The normalized spacial score (nSPS) is 4.00. The largest absolute Gasteiger partial charge is 0.0991 e. The number of hydrogen-bond donors (Lipinski definition) is 0. The minimum Gasteiger partial charge on any atom is -0.0991 e. The summed E-state index contributed by atoms with van der Waals surface area (Å²) in [5.41, 5.74) is 0. The van der Waals surface area contributed by atoms with Gasteiger partial charge in [0.25, 0.3) is 0 Å². The van der Waals surface area contributed by atoms with Crippen molar-refractivity contribution in [1.29, 1.82) is 0 Å². The van der Waals surface area contributed by atoms with E-state index >= 15 is 0 Å². The Balaban J connectivity index is 0. The van der Waals surface area contributed by atoms with E-state index in [0.717, 1.165) is 0 Å². The molecule has 0 saturated heterocycles. The van der Waals surface area contributed by atoms with Crippen LogP contribution in [0.2, 0.25) is 0 Å². The first-order valence-electron chi connectivity index (χ1n) is 1.15. The minimum absolute atomic E-state index is 0. The van der Waals surface area contributed by atoms with Gasteiger partial charge in [0.15, 0.2) is 0 Å². The quantitative estimate of drug-likeness (QED) is 0.361. The third-order valence-corrected chi connectivity index (χ3v) is 0.167. The first-order chi connectivity index (χ1) is 1.91. The van der Waals surface area contributed by atoms with Crippen molar-refractivity contribution in [3.63, 3.8) is 0 Å². The van der Waals surface area contributed by atoms with Crippen LogP contribution in [0.1, 0.15) is 0 Å². The van der Waals surface area contributed by atoms with Crippen LogP contribution in [0.25, 0.3) is 0 Å². The maximum atomic E-state index is 3.36. The van der Waals surface area contributed by atoms with Gasteiger partial charge >= 0.3 is 0 Å². The van der Waals surface area contributed by atoms with Gasteiger partial charge in [0.2, 0.25) is 0 Å². The molecule has 0 aromatic heterocycles. The maximum absolute atomic E-state index is 3.36. The van der Waals surface area contributed by atoms with Crippen LogP contribution in [0, 0.1) is 0 Å². The third-order valence-electron chi connectivity index (χ3n) is 0.167. The molecule has 0 unspecified atom stereocenters. The van der Waals surface area contributed by atoms with Gasteiger partial charge in [-0.15, -0.1) is 0 Å². The molecule has 0 amide bonds. The van der Waals surface area contributed by atoms with Gasteiger partial charge in [0.1, 0.15) is 0 Å². The topological polar surface area (TPSA) is 0 Å². The van der Waals surface area contributed by atoms with Crippen molar-refractivity contribution in [2.45, 2.75) is 0 Å². The van der Waals surface area contributed by atoms with E-state index in [2.05, 4.69) is 13.2 Å². The molecule has 0 aromatic rings. The Morgan fingerprint density at radius 1 is 1.00 bits per heavy atom. The van der Waals surface area contributed by atoms with Crippen molar-refractivity contribution < 1.29 is 19.5 Å². The second kappa shape index (κ2) is 8.93. The molecule has 24 valence electrons. The molecule has 0 spiro atoms. The second-order valence-corrected chi connectivity index (χ2v) is 0.471. The summed E-state index contributed by atoms with van der Waals surface area (Å²) in [6.07, 6.45) is 3.28. The molecule has 0 rings (SSSR count). The van der Waals surface area contributed by atoms with Crippen LogP contribution in [0.3, 0.4) is 0 Å². The molecule has 1 heteroatoms. The van der Waals surface area contributed by atoms with Crippen molar-refractivity contribution >= 4 is 0 Å². The molecule has 0 aliphatic rings. The Labute approximate surface area is 45.3 Å². The first-order valence-corrected chi connectivity index (χ1v) is 1.15. The van der Waals surface area contributed by atoms with Gasteiger partial charge in [-0.1, -0.05) is 25.3 Å². The van der Waals surface area contributed by atoms with Crippen LogP contribution in [-0.4, -0.2) is 0 Å². The fraction of sp³-hybridized carbons (Fsp3) is 0. The molecule has 0 heterocycles. The Hall–Kier alpha value is 0.103. The van der Waals surface area contributed by atoms with Gasteiger partial charge in [-0.3, -0.25) is 0 Å². The molecule has 0 nitrogen and oxygen atoms in total. The van der Waals surface area contributed by atoms with Crippen molar-refractivity contribution in [1.82, 2.24) is 0 Å². The Morgan fingerprint density at radius 2 is 1.20 bits per heavy atom. The Bertz CT molecular complexity index is 24.6. The molecule has 0 fully saturated rings. The van der Waals surface area contributed by atoms with Gasteiger partial charge in [-0.25, -0.2) is 0 Å². The predicted octanol–water partition coefficient (Wildman–Crippen LogP) is 1.36. The molecule has 0 aliphatic heterocycles. The second-order valence-electron chi connectivity index (χ2n) is 0.471. The van der Waals surface area contributed by atoms with Gasteiger partial charge in [-0.2, -0.15) is 0 Å². The summed E-state index contributed by atoms with van der Waals surface area (Å²) >= 11 is 0. The minimum atomic E-state index is 0. The number of allylic oxidation sites excluding steroid dienone is 2. The van der Waals surface area contributed by atoms with Crippen LogP contribution >= 0.6 is 0 Å². The van der Waals surface area contributed by atoms with Crippen LogP contribution < -0.4 is 0 Å². The van der Waals surface area contributed by atoms with Crippen molar-refractivity contribution in [2.75, 3.05) is 0 Å². The van der Waals surface area contributed by atoms with Gasteiger partial charge in [0, 0.05) is 19.5 Å². The van der Waals surface area contributed by atoms with E-state index in [0.29, 0.717) is 0 Å². The standard InChI is InChI=1S/C4H6.Zn/c1-3-4-2;/h3-4H,1-2H2;. The average molecular weight is 119 g/mol. The Morgan fingerprint density at radius 3 is 1.20 bits per heavy atom. The molecule has 0 radical (unpaired) electrons. The van der Waals surface area contributed by atoms with Gasteiger partial charge in [-0.05, 0) is 0 Å². The fourth-order valence-corrected chi connectivity index (χ4v) is 0.